The Balaban J connectivity index is 2.40. The summed E-state index contributed by atoms with van der Waals surface area (Å²) in [5.41, 5.74) is 4.81. The predicted octanol–water partition coefficient (Wildman–Crippen LogP) is 3.05. The van der Waals surface area contributed by atoms with Crippen molar-refractivity contribution in [2.24, 2.45) is 5.90 Å². The highest BCUT2D eigenvalue weighted by Gasteiger charge is 2.01. The van der Waals surface area contributed by atoms with Crippen molar-refractivity contribution in [2.45, 2.75) is 13.5 Å². The van der Waals surface area contributed by atoms with Gasteiger partial charge in [-0.2, -0.15) is 0 Å². The van der Waals surface area contributed by atoms with Crippen molar-refractivity contribution in [1.29, 1.82) is 0 Å². The van der Waals surface area contributed by atoms with Crippen LogP contribution >= 0.6 is 0 Å². The van der Waals surface area contributed by atoms with Gasteiger partial charge < -0.3 is 0 Å². The van der Waals surface area contributed by atoms with Crippen molar-refractivity contribution in [1.82, 2.24) is 0 Å². The molecule has 2 aromatic carbocycles. The third-order valence-electron chi connectivity index (χ3n) is 2.63. The lowest BCUT2D eigenvalue weighted by atomic mass is 9.99. The molecular weight excluding hydrogens is 198 g/mol. The number of nitrogens with two attached hydrogens (primary N) is 1. The van der Waals surface area contributed by atoms with Crippen LogP contribution < -0.4 is 5.90 Å². The topological polar surface area (TPSA) is 35.2 Å². The van der Waals surface area contributed by atoms with E-state index < -0.39 is 0 Å². The molecule has 0 aliphatic carbocycles. The van der Waals surface area contributed by atoms with E-state index in [2.05, 4.69) is 42.1 Å². The molecule has 0 aliphatic rings. The maximum Gasteiger partial charge on any atom is 0.0930 e. The zero-order chi connectivity index (χ0) is 11.4. The van der Waals surface area contributed by atoms with Gasteiger partial charge in [0.25, 0.3) is 0 Å². The molecule has 0 aliphatic heterocycles. The van der Waals surface area contributed by atoms with E-state index in [0.717, 1.165) is 5.56 Å². The summed E-state index contributed by atoms with van der Waals surface area (Å²) in [6.07, 6.45) is 0. The van der Waals surface area contributed by atoms with Gasteiger partial charge in [-0.15, -0.1) is 0 Å². The molecule has 0 aromatic heterocycles. The molecule has 0 fully saturated rings. The molecule has 16 heavy (non-hydrogen) atoms. The molecule has 0 spiro atoms. The summed E-state index contributed by atoms with van der Waals surface area (Å²) in [6.45, 7) is 2.56. The monoisotopic (exact) mass is 213 g/mol. The van der Waals surface area contributed by atoms with Gasteiger partial charge in [-0.25, -0.2) is 5.90 Å². The lowest BCUT2D eigenvalue weighted by molar-refractivity contribution is 0.124. The van der Waals surface area contributed by atoms with Crippen molar-refractivity contribution in [3.8, 4) is 11.1 Å². The van der Waals surface area contributed by atoms with Gasteiger partial charge in [0.2, 0.25) is 0 Å². The molecule has 0 saturated heterocycles. The van der Waals surface area contributed by atoms with Gasteiger partial charge in [0.1, 0.15) is 0 Å². The zero-order valence-corrected chi connectivity index (χ0v) is 9.31. The van der Waals surface area contributed by atoms with Crippen molar-refractivity contribution in [3.63, 3.8) is 0 Å². The van der Waals surface area contributed by atoms with Crippen LogP contribution in [0.2, 0.25) is 0 Å². The van der Waals surface area contributed by atoms with E-state index in [1.165, 1.54) is 16.7 Å². The van der Waals surface area contributed by atoms with Gasteiger partial charge in [-0.05, 0) is 35.2 Å². The van der Waals surface area contributed by atoms with Gasteiger partial charge in [0, 0.05) is 0 Å². The number of aryl methyl sites for hydroxylation is 1. The van der Waals surface area contributed by atoms with E-state index in [1.807, 2.05) is 18.2 Å². The highest BCUT2D eigenvalue weighted by Crippen LogP contribution is 2.23. The number of benzene rings is 2. The molecule has 0 saturated carbocycles. The van der Waals surface area contributed by atoms with E-state index in [1.54, 1.807) is 0 Å². The van der Waals surface area contributed by atoms with Gasteiger partial charge in [0.05, 0.1) is 6.61 Å². The van der Waals surface area contributed by atoms with E-state index in [0.29, 0.717) is 6.61 Å². The lowest BCUT2D eigenvalue weighted by Crippen LogP contribution is -1.98. The first kappa shape index (κ1) is 10.9. The molecule has 2 aromatic rings. The second kappa shape index (κ2) is 4.92. The molecule has 2 heteroatoms. The Labute approximate surface area is 95.6 Å². The van der Waals surface area contributed by atoms with Gasteiger partial charge in [-0.1, -0.05) is 42.5 Å². The van der Waals surface area contributed by atoms with Crippen molar-refractivity contribution in [3.05, 3.63) is 59.7 Å². The molecular formula is C14H15NO. The second-order valence-electron chi connectivity index (χ2n) is 3.83. The first-order valence-electron chi connectivity index (χ1n) is 5.28. The van der Waals surface area contributed by atoms with Crippen molar-refractivity contribution < 1.29 is 4.84 Å². The Kier molecular flexibility index (Phi) is 3.34. The van der Waals surface area contributed by atoms with Crippen LogP contribution in [0.4, 0.5) is 0 Å². The van der Waals surface area contributed by atoms with Gasteiger partial charge in [0.15, 0.2) is 0 Å². The largest absolute Gasteiger partial charge is 0.300 e. The average Bonchev–Trinajstić information content (AvgIpc) is 2.30. The second-order valence-corrected chi connectivity index (χ2v) is 3.83. The van der Waals surface area contributed by atoms with Crippen LogP contribution in [-0.4, -0.2) is 0 Å². The van der Waals surface area contributed by atoms with E-state index in [-0.39, 0.29) is 0 Å². The quantitative estimate of drug-likeness (QED) is 0.795. The summed E-state index contributed by atoms with van der Waals surface area (Å²) in [6, 6.07) is 16.6. The van der Waals surface area contributed by atoms with Crippen molar-refractivity contribution in [2.75, 3.05) is 0 Å². The summed E-state index contributed by atoms with van der Waals surface area (Å²) >= 11 is 0. The van der Waals surface area contributed by atoms with E-state index in [9.17, 15) is 0 Å². The first-order chi connectivity index (χ1) is 7.81. The summed E-state index contributed by atoms with van der Waals surface area (Å²) in [4.78, 5) is 4.65. The minimum absolute atomic E-state index is 0.444. The fourth-order valence-electron chi connectivity index (χ4n) is 1.82. The summed E-state index contributed by atoms with van der Waals surface area (Å²) in [7, 11) is 0. The fourth-order valence-corrected chi connectivity index (χ4v) is 1.82. The summed E-state index contributed by atoms with van der Waals surface area (Å²) in [5.74, 6) is 5.08. The van der Waals surface area contributed by atoms with Gasteiger partial charge >= 0.3 is 0 Å². The summed E-state index contributed by atoms with van der Waals surface area (Å²) in [5, 5.41) is 0. The number of hydrogen-bond donors (Lipinski definition) is 1. The highest BCUT2D eigenvalue weighted by atomic mass is 16.6. The molecule has 2 nitrogen and oxygen atoms in total. The Hall–Kier alpha value is -1.64. The Morgan fingerprint density at radius 1 is 1.06 bits per heavy atom. The third-order valence-corrected chi connectivity index (χ3v) is 2.63. The van der Waals surface area contributed by atoms with E-state index in [4.69, 9.17) is 5.90 Å². The smallest absolute Gasteiger partial charge is 0.0930 e. The maximum atomic E-state index is 5.08. The fraction of sp³-hybridized carbons (Fsp3) is 0.143. The molecule has 82 valence electrons. The maximum absolute atomic E-state index is 5.08. The minimum Gasteiger partial charge on any atom is -0.300 e. The zero-order valence-electron chi connectivity index (χ0n) is 9.31. The lowest BCUT2D eigenvalue weighted by Gasteiger charge is -2.07. The van der Waals surface area contributed by atoms with Crippen LogP contribution in [-0.2, 0) is 11.4 Å². The molecule has 0 bridgehead atoms. The highest BCUT2D eigenvalue weighted by molar-refractivity contribution is 5.67. The first-order valence-corrected chi connectivity index (χ1v) is 5.28. The minimum atomic E-state index is 0.444. The Bertz CT molecular complexity index is 480. The van der Waals surface area contributed by atoms with Crippen LogP contribution in [0.1, 0.15) is 11.1 Å². The molecule has 0 atom stereocenters. The molecule has 0 amide bonds. The molecule has 0 radical (unpaired) electrons. The van der Waals surface area contributed by atoms with E-state index >= 15 is 0 Å². The predicted molar refractivity (Wildman–Crippen MR) is 65.6 cm³/mol. The third kappa shape index (κ3) is 2.30. The summed E-state index contributed by atoms with van der Waals surface area (Å²) < 4.78 is 0. The van der Waals surface area contributed by atoms with Crippen LogP contribution in [0.3, 0.4) is 0 Å². The average molecular weight is 213 g/mol. The van der Waals surface area contributed by atoms with Gasteiger partial charge in [-0.3, -0.25) is 4.84 Å². The number of hydrogen-bond acceptors (Lipinski definition) is 2. The Morgan fingerprint density at radius 3 is 2.62 bits per heavy atom. The van der Waals surface area contributed by atoms with Crippen LogP contribution in [0.5, 0.6) is 0 Å². The molecule has 2 N–H and O–H groups in total. The normalized spacial score (nSPS) is 10.4. The van der Waals surface area contributed by atoms with Crippen LogP contribution in [0.25, 0.3) is 11.1 Å². The standard InChI is InChI=1S/C14H15NO/c1-11-5-2-3-8-14(11)13-7-4-6-12(9-13)10-16-15/h2-9H,10,15H2,1H3. The van der Waals surface area contributed by atoms with Crippen molar-refractivity contribution >= 4 is 0 Å². The Morgan fingerprint density at radius 2 is 1.88 bits per heavy atom. The molecule has 0 heterocycles. The number of rotatable bonds is 3. The molecule has 2 rings (SSSR count). The van der Waals surface area contributed by atoms with Crippen LogP contribution in [0.15, 0.2) is 48.5 Å². The SMILES string of the molecule is Cc1ccccc1-c1cccc(CON)c1. The molecule has 0 unspecified atom stereocenters. The van der Waals surface area contributed by atoms with Crippen LogP contribution in [0, 0.1) is 6.92 Å².